The van der Waals surface area contributed by atoms with Crippen molar-refractivity contribution in [2.24, 2.45) is 0 Å². The number of para-hydroxylation sites is 2. The van der Waals surface area contributed by atoms with Crippen LogP contribution in [0.15, 0.2) is 48.5 Å². The molecule has 0 saturated heterocycles. The zero-order chi connectivity index (χ0) is 54.3. The lowest BCUT2D eigenvalue weighted by Gasteiger charge is -2.29. The fourth-order valence-corrected chi connectivity index (χ4v) is 12.0. The smallest absolute Gasteiger partial charge is 0.197 e. The summed E-state index contributed by atoms with van der Waals surface area (Å²) in [5.41, 5.74) is 4.14. The van der Waals surface area contributed by atoms with Gasteiger partial charge in [-0.05, 0) is 49.9 Å². The van der Waals surface area contributed by atoms with Crippen LogP contribution in [0, 0.1) is 0 Å². The van der Waals surface area contributed by atoms with Gasteiger partial charge in [0.15, 0.2) is 5.78 Å². The molecule has 0 heterocycles. The van der Waals surface area contributed by atoms with Gasteiger partial charge >= 0.3 is 0 Å². The zero-order valence-electron chi connectivity index (χ0n) is 52.0. The summed E-state index contributed by atoms with van der Waals surface area (Å²) in [6.07, 6.45) is 71.6. The predicted octanol–water partition coefficient (Wildman–Crippen LogP) is 24.9. The molecule has 2 rings (SSSR count). The van der Waals surface area contributed by atoms with Gasteiger partial charge in [-0.1, -0.05) is 360 Å². The molecule has 0 aliphatic rings. The van der Waals surface area contributed by atoms with E-state index in [0.29, 0.717) is 0 Å². The molecule has 0 saturated carbocycles. The Morgan fingerprint density at radius 2 is 0.395 bits per heavy atom. The van der Waals surface area contributed by atoms with Crippen LogP contribution in [0.1, 0.15) is 377 Å². The normalized spacial score (nSPS) is 11.5. The molecule has 0 unspecified atom stereocenters. The van der Waals surface area contributed by atoms with E-state index in [0.717, 1.165) is 37.3 Å². The highest BCUT2D eigenvalue weighted by Gasteiger charge is 2.22. The minimum atomic E-state index is 0.215. The van der Waals surface area contributed by atoms with Gasteiger partial charge in [0.25, 0.3) is 0 Å². The van der Waals surface area contributed by atoms with Crippen molar-refractivity contribution in [3.8, 4) is 0 Å². The van der Waals surface area contributed by atoms with E-state index in [1.54, 1.807) is 0 Å². The van der Waals surface area contributed by atoms with Gasteiger partial charge in [0, 0.05) is 48.7 Å². The minimum absolute atomic E-state index is 0.215. The maximum Gasteiger partial charge on any atom is 0.197 e. The molecule has 3 heteroatoms. The Bertz CT molecular complexity index is 1330. The lowest BCUT2D eigenvalue weighted by molar-refractivity contribution is 0.103. The van der Waals surface area contributed by atoms with Gasteiger partial charge in [0.1, 0.15) is 0 Å². The summed E-state index contributed by atoms with van der Waals surface area (Å²) < 4.78 is 0. The topological polar surface area (TPSA) is 23.6 Å². The Hall–Kier alpha value is -2.29. The summed E-state index contributed by atoms with van der Waals surface area (Å²) in [6, 6.07) is 17.5. The van der Waals surface area contributed by atoms with Crippen LogP contribution in [0.5, 0.6) is 0 Å². The lowest BCUT2D eigenvalue weighted by Crippen LogP contribution is -2.29. The molecule has 2 aromatic rings. The Balaban J connectivity index is 2.09. The van der Waals surface area contributed by atoms with E-state index < -0.39 is 0 Å². The number of carbonyl (C=O) groups excluding carboxylic acids is 1. The van der Waals surface area contributed by atoms with E-state index >= 15 is 4.79 Å². The Morgan fingerprint density at radius 1 is 0.237 bits per heavy atom. The molecule has 0 aliphatic heterocycles. The second-order valence-electron chi connectivity index (χ2n) is 24.3. The fourth-order valence-electron chi connectivity index (χ4n) is 12.0. The molecule has 0 bridgehead atoms. The van der Waals surface area contributed by atoms with Gasteiger partial charge in [-0.15, -0.1) is 0 Å². The zero-order valence-corrected chi connectivity index (χ0v) is 52.0. The quantitative estimate of drug-likeness (QED) is 0.0487. The molecule has 440 valence electrons. The molecule has 0 amide bonds. The standard InChI is InChI=1S/C73H132N2O/c1-5-9-13-17-21-25-29-33-37-41-45-49-57-65-74(66-58-50-46-42-38-34-30-26-22-18-14-10-6-2)71-63-55-53-61-69(71)73(76)70-62-54-56-64-72(70)75(67-59-51-47-43-39-35-31-27-23-19-15-11-7-3)68-60-52-48-44-40-36-32-28-24-20-16-12-8-4/h53-56,61-64H,5-52,57-60,65-68H2,1-4H3. The van der Waals surface area contributed by atoms with E-state index in [4.69, 9.17) is 0 Å². The summed E-state index contributed by atoms with van der Waals surface area (Å²) >= 11 is 0. The maximum atomic E-state index is 15.2. The van der Waals surface area contributed by atoms with Gasteiger partial charge in [-0.2, -0.15) is 0 Å². The molecule has 2 aromatic carbocycles. The van der Waals surface area contributed by atoms with Gasteiger partial charge in [-0.25, -0.2) is 0 Å². The average Bonchev–Trinajstić information content (AvgIpc) is 3.44. The summed E-state index contributed by atoms with van der Waals surface area (Å²) in [4.78, 5) is 20.5. The van der Waals surface area contributed by atoms with E-state index in [1.165, 1.54) is 345 Å². The second-order valence-corrected chi connectivity index (χ2v) is 24.3. The van der Waals surface area contributed by atoms with E-state index in [2.05, 4.69) is 86.0 Å². The van der Waals surface area contributed by atoms with Gasteiger partial charge in [0.05, 0.1) is 0 Å². The number of hydrogen-bond acceptors (Lipinski definition) is 3. The third kappa shape index (κ3) is 39.1. The Kier molecular flexibility index (Phi) is 50.2. The van der Waals surface area contributed by atoms with Crippen molar-refractivity contribution < 1.29 is 4.79 Å². The molecule has 0 aliphatic carbocycles. The van der Waals surface area contributed by atoms with Gasteiger partial charge < -0.3 is 9.80 Å². The number of rotatable bonds is 60. The molecule has 0 radical (unpaired) electrons. The number of nitrogens with zero attached hydrogens (tertiary/aromatic N) is 2. The number of benzene rings is 2. The first-order chi connectivity index (χ1) is 37.7. The molecule has 0 spiro atoms. The van der Waals surface area contributed by atoms with Crippen LogP contribution in [0.25, 0.3) is 0 Å². The third-order valence-corrected chi connectivity index (χ3v) is 17.1. The average molecular weight is 1050 g/mol. The maximum absolute atomic E-state index is 15.2. The highest BCUT2D eigenvalue weighted by molar-refractivity contribution is 6.15. The summed E-state index contributed by atoms with van der Waals surface area (Å²) in [5.74, 6) is 0.215. The van der Waals surface area contributed by atoms with Crippen molar-refractivity contribution in [2.45, 2.75) is 362 Å². The predicted molar refractivity (Wildman–Crippen MR) is 344 cm³/mol. The molecule has 3 nitrogen and oxygen atoms in total. The van der Waals surface area contributed by atoms with Crippen LogP contribution in [0.3, 0.4) is 0 Å². The molecule has 0 N–H and O–H groups in total. The van der Waals surface area contributed by atoms with Crippen LogP contribution >= 0.6 is 0 Å². The first-order valence-corrected chi connectivity index (χ1v) is 34.9. The second kappa shape index (κ2) is 54.7. The minimum Gasteiger partial charge on any atom is -0.371 e. The van der Waals surface area contributed by atoms with Crippen LogP contribution in [-0.4, -0.2) is 32.0 Å². The first kappa shape index (κ1) is 69.8. The lowest BCUT2D eigenvalue weighted by atomic mass is 9.98. The fraction of sp³-hybridized carbons (Fsp3) is 0.822. The first-order valence-electron chi connectivity index (χ1n) is 34.9. The van der Waals surface area contributed by atoms with Crippen molar-refractivity contribution >= 4 is 17.2 Å². The summed E-state index contributed by atoms with van der Waals surface area (Å²) in [7, 11) is 0. The van der Waals surface area contributed by atoms with Crippen LogP contribution in [0.2, 0.25) is 0 Å². The molecule has 0 atom stereocenters. The van der Waals surface area contributed by atoms with E-state index in [-0.39, 0.29) is 5.78 Å². The Morgan fingerprint density at radius 3 is 0.579 bits per heavy atom. The largest absolute Gasteiger partial charge is 0.371 e. The van der Waals surface area contributed by atoms with E-state index in [1.807, 2.05) is 0 Å². The van der Waals surface area contributed by atoms with Crippen molar-refractivity contribution in [3.05, 3.63) is 59.7 Å². The number of ketones is 1. The molecule has 76 heavy (non-hydrogen) atoms. The highest BCUT2D eigenvalue weighted by Crippen LogP contribution is 2.31. The van der Waals surface area contributed by atoms with Gasteiger partial charge in [-0.3, -0.25) is 4.79 Å². The number of hydrogen-bond donors (Lipinski definition) is 0. The van der Waals surface area contributed by atoms with Crippen molar-refractivity contribution in [1.29, 1.82) is 0 Å². The monoisotopic (exact) mass is 1050 g/mol. The van der Waals surface area contributed by atoms with Crippen molar-refractivity contribution in [1.82, 2.24) is 0 Å². The van der Waals surface area contributed by atoms with Crippen LogP contribution in [0.4, 0.5) is 11.4 Å². The molecule has 0 fully saturated rings. The summed E-state index contributed by atoms with van der Waals surface area (Å²) in [6.45, 7) is 13.4. The summed E-state index contributed by atoms with van der Waals surface area (Å²) in [5, 5.41) is 0. The van der Waals surface area contributed by atoms with E-state index in [9.17, 15) is 0 Å². The SMILES string of the molecule is CCCCCCCCCCCCCCCN(CCCCCCCCCCCCCCC)c1ccccc1C(=O)c1ccccc1N(CCCCCCCCCCCCCCC)CCCCCCCCCCCCCCC. The Labute approximate surface area is 476 Å². The van der Waals surface area contributed by atoms with Crippen molar-refractivity contribution in [3.63, 3.8) is 0 Å². The molecular weight excluding hydrogens is 921 g/mol. The van der Waals surface area contributed by atoms with Crippen molar-refractivity contribution in [2.75, 3.05) is 36.0 Å². The molecular formula is C73H132N2O. The van der Waals surface area contributed by atoms with Crippen LogP contribution < -0.4 is 9.80 Å². The highest BCUT2D eigenvalue weighted by atomic mass is 16.1. The number of anilines is 2. The molecule has 0 aromatic heterocycles. The number of carbonyl (C=O) groups is 1. The van der Waals surface area contributed by atoms with Crippen LogP contribution in [-0.2, 0) is 0 Å². The third-order valence-electron chi connectivity index (χ3n) is 17.1. The van der Waals surface area contributed by atoms with Gasteiger partial charge in [0.2, 0.25) is 0 Å². The number of unbranched alkanes of at least 4 members (excludes halogenated alkanes) is 48.